The molecule has 0 saturated heterocycles. The minimum Gasteiger partial charge on any atom is -0.311 e. The Hall–Kier alpha value is -2.54. The molecule has 0 aromatic heterocycles. The highest BCUT2D eigenvalue weighted by molar-refractivity contribution is 5.76. The van der Waals surface area contributed by atoms with E-state index in [1.54, 1.807) is 0 Å². The largest absolute Gasteiger partial charge is 0.311 e. The van der Waals surface area contributed by atoms with Gasteiger partial charge in [0.2, 0.25) is 0 Å². The second kappa shape index (κ2) is 7.57. The van der Waals surface area contributed by atoms with Crippen molar-refractivity contribution in [2.45, 2.75) is 40.0 Å². The average molecular weight is 329 g/mol. The van der Waals surface area contributed by atoms with Crippen LogP contribution in [-0.2, 0) is 6.42 Å². The van der Waals surface area contributed by atoms with E-state index >= 15 is 0 Å². The average Bonchev–Trinajstić information content (AvgIpc) is 2.64. The number of benzene rings is 3. The lowest BCUT2D eigenvalue weighted by Gasteiger charge is -2.26. The monoisotopic (exact) mass is 329 g/mol. The van der Waals surface area contributed by atoms with Gasteiger partial charge >= 0.3 is 0 Å². The summed E-state index contributed by atoms with van der Waals surface area (Å²) in [6.07, 6.45) is 1.06. The molecule has 128 valence electrons. The standard InChI is InChI=1S/C24H27N/c1-5-20-8-14-23(15-9-20)25(22-12-6-19(4)7-13-22)24-16-10-21(11-17-24)18(2)3/h6-18H,5H2,1-4H3. The molecule has 0 amide bonds. The van der Waals surface area contributed by atoms with Gasteiger partial charge < -0.3 is 4.90 Å². The highest BCUT2D eigenvalue weighted by atomic mass is 15.1. The summed E-state index contributed by atoms with van der Waals surface area (Å²) >= 11 is 0. The van der Waals surface area contributed by atoms with Crippen LogP contribution in [0.25, 0.3) is 0 Å². The smallest absolute Gasteiger partial charge is 0.0461 e. The van der Waals surface area contributed by atoms with Crippen molar-refractivity contribution in [2.24, 2.45) is 0 Å². The molecule has 0 spiro atoms. The number of aryl methyl sites for hydroxylation is 2. The van der Waals surface area contributed by atoms with Crippen LogP contribution in [0.1, 0.15) is 43.4 Å². The van der Waals surface area contributed by atoms with Gasteiger partial charge in [0.1, 0.15) is 0 Å². The highest BCUT2D eigenvalue weighted by Gasteiger charge is 2.12. The Labute approximate surface area is 151 Å². The first-order valence-electron chi connectivity index (χ1n) is 9.14. The van der Waals surface area contributed by atoms with Gasteiger partial charge in [-0.25, -0.2) is 0 Å². The maximum absolute atomic E-state index is 2.32. The Morgan fingerprint density at radius 1 is 0.680 bits per heavy atom. The quantitative estimate of drug-likeness (QED) is 0.480. The molecule has 0 aliphatic heterocycles. The molecule has 0 saturated carbocycles. The highest BCUT2D eigenvalue weighted by Crippen LogP contribution is 2.35. The summed E-state index contributed by atoms with van der Waals surface area (Å²) in [4.78, 5) is 2.32. The molecule has 0 aliphatic rings. The fourth-order valence-corrected chi connectivity index (χ4v) is 3.03. The van der Waals surface area contributed by atoms with Crippen molar-refractivity contribution >= 4 is 17.1 Å². The number of hydrogen-bond donors (Lipinski definition) is 0. The maximum atomic E-state index is 2.32. The van der Waals surface area contributed by atoms with Crippen molar-refractivity contribution in [2.75, 3.05) is 4.90 Å². The summed E-state index contributed by atoms with van der Waals surface area (Å²) in [6.45, 7) is 8.78. The van der Waals surface area contributed by atoms with Crippen molar-refractivity contribution in [1.29, 1.82) is 0 Å². The lowest BCUT2D eigenvalue weighted by atomic mass is 10.0. The van der Waals surface area contributed by atoms with Gasteiger partial charge in [-0.2, -0.15) is 0 Å². The summed E-state index contributed by atoms with van der Waals surface area (Å²) in [5, 5.41) is 0. The number of nitrogens with zero attached hydrogens (tertiary/aromatic N) is 1. The Bertz CT molecular complexity index is 796. The Kier molecular flexibility index (Phi) is 5.23. The molecular formula is C24H27N. The fraction of sp³-hybridized carbons (Fsp3) is 0.250. The second-order valence-electron chi connectivity index (χ2n) is 6.94. The van der Waals surface area contributed by atoms with Gasteiger partial charge in [0.15, 0.2) is 0 Å². The third kappa shape index (κ3) is 3.93. The summed E-state index contributed by atoms with van der Waals surface area (Å²) in [6, 6.07) is 26.5. The molecule has 0 bridgehead atoms. The van der Waals surface area contributed by atoms with Gasteiger partial charge in [0.25, 0.3) is 0 Å². The van der Waals surface area contributed by atoms with Gasteiger partial charge in [-0.3, -0.25) is 0 Å². The van der Waals surface area contributed by atoms with Crippen LogP contribution in [0, 0.1) is 6.92 Å². The van der Waals surface area contributed by atoms with Crippen molar-refractivity contribution in [3.8, 4) is 0 Å². The minimum atomic E-state index is 0.547. The van der Waals surface area contributed by atoms with E-state index in [-0.39, 0.29) is 0 Å². The zero-order valence-corrected chi connectivity index (χ0v) is 15.7. The number of rotatable bonds is 5. The van der Waals surface area contributed by atoms with Crippen molar-refractivity contribution in [3.63, 3.8) is 0 Å². The van der Waals surface area contributed by atoms with Gasteiger partial charge in [-0.1, -0.05) is 62.7 Å². The molecule has 0 unspecified atom stereocenters. The topological polar surface area (TPSA) is 3.24 Å². The molecule has 3 aromatic rings. The lowest BCUT2D eigenvalue weighted by Crippen LogP contribution is -2.10. The van der Waals surface area contributed by atoms with E-state index in [1.807, 2.05) is 0 Å². The molecule has 1 heteroatoms. The SMILES string of the molecule is CCc1ccc(N(c2ccc(C)cc2)c2ccc(C(C)C)cc2)cc1. The fourth-order valence-electron chi connectivity index (χ4n) is 3.03. The van der Waals surface area contributed by atoms with E-state index in [2.05, 4.69) is 105 Å². The van der Waals surface area contributed by atoms with Gasteiger partial charge in [-0.05, 0) is 66.8 Å². The van der Waals surface area contributed by atoms with Crippen molar-refractivity contribution in [1.82, 2.24) is 0 Å². The molecule has 0 atom stereocenters. The molecule has 0 N–H and O–H groups in total. The van der Waals surface area contributed by atoms with Crippen LogP contribution in [0.5, 0.6) is 0 Å². The Morgan fingerprint density at radius 2 is 1.12 bits per heavy atom. The third-order valence-electron chi connectivity index (χ3n) is 4.71. The van der Waals surface area contributed by atoms with Gasteiger partial charge in [0.05, 0.1) is 0 Å². The van der Waals surface area contributed by atoms with Crippen molar-refractivity contribution < 1.29 is 0 Å². The van der Waals surface area contributed by atoms with E-state index in [4.69, 9.17) is 0 Å². The summed E-state index contributed by atoms with van der Waals surface area (Å²) in [5.74, 6) is 0.547. The van der Waals surface area contributed by atoms with E-state index in [0.29, 0.717) is 5.92 Å². The number of hydrogen-bond acceptors (Lipinski definition) is 1. The Morgan fingerprint density at radius 3 is 1.56 bits per heavy atom. The van der Waals surface area contributed by atoms with E-state index in [9.17, 15) is 0 Å². The number of anilines is 3. The first-order valence-corrected chi connectivity index (χ1v) is 9.14. The summed E-state index contributed by atoms with van der Waals surface area (Å²) in [7, 11) is 0. The van der Waals surface area contributed by atoms with Gasteiger partial charge in [-0.15, -0.1) is 0 Å². The zero-order valence-electron chi connectivity index (χ0n) is 15.7. The predicted molar refractivity (Wildman–Crippen MR) is 109 cm³/mol. The first-order chi connectivity index (χ1) is 12.1. The normalized spacial score (nSPS) is 10.9. The molecule has 0 fully saturated rings. The van der Waals surface area contributed by atoms with E-state index in [1.165, 1.54) is 33.8 Å². The van der Waals surface area contributed by atoms with E-state index < -0.39 is 0 Å². The van der Waals surface area contributed by atoms with Crippen LogP contribution in [0.2, 0.25) is 0 Å². The summed E-state index contributed by atoms with van der Waals surface area (Å²) < 4.78 is 0. The predicted octanol–water partition coefficient (Wildman–Crippen LogP) is 7.15. The zero-order chi connectivity index (χ0) is 17.8. The molecule has 3 rings (SSSR count). The van der Waals surface area contributed by atoms with E-state index in [0.717, 1.165) is 6.42 Å². The molecule has 3 aromatic carbocycles. The maximum Gasteiger partial charge on any atom is 0.0461 e. The van der Waals surface area contributed by atoms with Crippen LogP contribution in [0.15, 0.2) is 72.8 Å². The van der Waals surface area contributed by atoms with Crippen LogP contribution >= 0.6 is 0 Å². The molecule has 0 radical (unpaired) electrons. The summed E-state index contributed by atoms with van der Waals surface area (Å²) in [5.41, 5.74) is 7.58. The lowest BCUT2D eigenvalue weighted by molar-refractivity contribution is 0.866. The van der Waals surface area contributed by atoms with Crippen LogP contribution < -0.4 is 4.90 Å². The third-order valence-corrected chi connectivity index (χ3v) is 4.71. The molecular weight excluding hydrogens is 302 g/mol. The molecule has 25 heavy (non-hydrogen) atoms. The van der Waals surface area contributed by atoms with Crippen molar-refractivity contribution in [3.05, 3.63) is 89.5 Å². The van der Waals surface area contributed by atoms with Crippen LogP contribution in [0.3, 0.4) is 0 Å². The first kappa shape index (κ1) is 17.3. The molecule has 0 heterocycles. The molecule has 1 nitrogen and oxygen atoms in total. The minimum absolute atomic E-state index is 0.547. The Balaban J connectivity index is 2.05. The van der Waals surface area contributed by atoms with Crippen LogP contribution in [-0.4, -0.2) is 0 Å². The van der Waals surface area contributed by atoms with Gasteiger partial charge in [0, 0.05) is 17.1 Å². The second-order valence-corrected chi connectivity index (χ2v) is 6.94. The van der Waals surface area contributed by atoms with Crippen LogP contribution in [0.4, 0.5) is 17.1 Å². The molecule has 0 aliphatic carbocycles.